The fourth-order valence-electron chi connectivity index (χ4n) is 2.51. The Morgan fingerprint density at radius 3 is 2.85 bits per heavy atom. The number of rotatable bonds is 7. The minimum atomic E-state index is -0.642. The van der Waals surface area contributed by atoms with E-state index in [1.165, 1.54) is 28.2 Å². The average molecular weight is 388 g/mol. The van der Waals surface area contributed by atoms with Crippen molar-refractivity contribution in [2.24, 2.45) is 0 Å². The fraction of sp³-hybridized carbons (Fsp3) is 0.316. The van der Waals surface area contributed by atoms with Gasteiger partial charge in [0, 0.05) is 0 Å². The molecule has 2 N–H and O–H groups in total. The normalized spacial score (nSPS) is 12.1. The first-order chi connectivity index (χ1) is 12.6. The third-order valence-corrected chi connectivity index (χ3v) is 5.79. The monoisotopic (exact) mass is 387 g/mol. The van der Waals surface area contributed by atoms with Crippen molar-refractivity contribution in [1.29, 1.82) is 0 Å². The molecule has 0 saturated heterocycles. The van der Waals surface area contributed by atoms with E-state index in [2.05, 4.69) is 34.7 Å². The molecule has 2 amide bonds. The first-order valence-electron chi connectivity index (χ1n) is 8.61. The number of carbonyl (C=O) groups excluding carboxylic acids is 2. The molecule has 7 heteroatoms. The molecule has 0 fully saturated rings. The Hall–Kier alpha value is -2.25. The van der Waals surface area contributed by atoms with Gasteiger partial charge in [0.05, 0.1) is 15.1 Å². The van der Waals surface area contributed by atoms with E-state index in [9.17, 15) is 9.59 Å². The summed E-state index contributed by atoms with van der Waals surface area (Å²) < 4.78 is 1.06. The van der Waals surface area contributed by atoms with E-state index in [1.807, 2.05) is 11.4 Å². The van der Waals surface area contributed by atoms with Crippen LogP contribution in [0.2, 0.25) is 0 Å². The number of thiophene rings is 1. The van der Waals surface area contributed by atoms with E-state index < -0.39 is 6.04 Å². The van der Waals surface area contributed by atoms with Crippen LogP contribution in [-0.2, 0) is 11.2 Å². The topological polar surface area (TPSA) is 71.1 Å². The summed E-state index contributed by atoms with van der Waals surface area (Å²) in [7, 11) is 0. The van der Waals surface area contributed by atoms with Gasteiger partial charge in [-0.1, -0.05) is 36.8 Å². The first-order valence-corrected chi connectivity index (χ1v) is 10.3. The van der Waals surface area contributed by atoms with E-state index in [0.29, 0.717) is 10.0 Å². The van der Waals surface area contributed by atoms with E-state index >= 15 is 0 Å². The molecule has 0 aliphatic carbocycles. The van der Waals surface area contributed by atoms with Gasteiger partial charge in [0.1, 0.15) is 6.04 Å². The second kappa shape index (κ2) is 8.42. The van der Waals surface area contributed by atoms with Crippen molar-refractivity contribution in [3.05, 3.63) is 46.2 Å². The summed E-state index contributed by atoms with van der Waals surface area (Å²) in [4.78, 5) is 29.4. The van der Waals surface area contributed by atoms with Crippen LogP contribution in [0, 0.1) is 0 Å². The van der Waals surface area contributed by atoms with Gasteiger partial charge < -0.3 is 10.6 Å². The van der Waals surface area contributed by atoms with Crippen molar-refractivity contribution in [2.45, 2.75) is 39.2 Å². The predicted molar refractivity (Wildman–Crippen MR) is 108 cm³/mol. The van der Waals surface area contributed by atoms with Crippen LogP contribution in [0.4, 0.5) is 5.13 Å². The van der Waals surface area contributed by atoms with E-state index in [1.54, 1.807) is 19.1 Å². The smallest absolute Gasteiger partial charge is 0.261 e. The molecule has 1 aromatic carbocycles. The molecule has 0 spiro atoms. The van der Waals surface area contributed by atoms with Crippen LogP contribution in [0.5, 0.6) is 0 Å². The molecule has 3 rings (SSSR count). The van der Waals surface area contributed by atoms with Crippen molar-refractivity contribution >= 4 is 49.8 Å². The summed E-state index contributed by atoms with van der Waals surface area (Å²) in [6.07, 6.45) is 3.38. The van der Waals surface area contributed by atoms with Crippen LogP contribution in [-0.4, -0.2) is 22.8 Å². The molecule has 0 aliphatic heterocycles. The van der Waals surface area contributed by atoms with Crippen LogP contribution >= 0.6 is 22.7 Å². The highest BCUT2D eigenvalue weighted by atomic mass is 32.1. The number of hydrogen-bond acceptors (Lipinski definition) is 5. The highest BCUT2D eigenvalue weighted by Gasteiger charge is 2.18. The van der Waals surface area contributed by atoms with Crippen molar-refractivity contribution in [3.8, 4) is 0 Å². The number of thiazole rings is 1. The quantitative estimate of drug-likeness (QED) is 0.629. The van der Waals surface area contributed by atoms with Gasteiger partial charge in [0.2, 0.25) is 5.91 Å². The Bertz CT molecular complexity index is 903. The van der Waals surface area contributed by atoms with Crippen molar-refractivity contribution in [3.63, 3.8) is 0 Å². The molecule has 2 aromatic heterocycles. The highest BCUT2D eigenvalue weighted by Crippen LogP contribution is 2.27. The van der Waals surface area contributed by atoms with Gasteiger partial charge in [-0.2, -0.15) is 0 Å². The number of aromatic nitrogens is 1. The molecule has 0 radical (unpaired) electrons. The van der Waals surface area contributed by atoms with E-state index in [4.69, 9.17) is 0 Å². The lowest BCUT2D eigenvalue weighted by molar-refractivity contribution is -0.117. The maximum absolute atomic E-state index is 12.3. The lowest BCUT2D eigenvalue weighted by Gasteiger charge is -2.12. The molecule has 136 valence electrons. The van der Waals surface area contributed by atoms with E-state index in [-0.39, 0.29) is 11.8 Å². The molecule has 26 heavy (non-hydrogen) atoms. The maximum Gasteiger partial charge on any atom is 0.261 e. The second-order valence-electron chi connectivity index (χ2n) is 6.09. The van der Waals surface area contributed by atoms with Gasteiger partial charge in [-0.3, -0.25) is 9.59 Å². The number of hydrogen-bond donors (Lipinski definition) is 2. The van der Waals surface area contributed by atoms with Gasteiger partial charge >= 0.3 is 0 Å². The molecule has 0 aliphatic rings. The van der Waals surface area contributed by atoms with Crippen molar-refractivity contribution in [2.75, 3.05) is 5.32 Å². The van der Waals surface area contributed by atoms with Gasteiger partial charge in [-0.25, -0.2) is 4.98 Å². The number of nitrogens with one attached hydrogen (secondary N) is 2. The van der Waals surface area contributed by atoms with Gasteiger partial charge in [-0.15, -0.1) is 11.3 Å². The van der Waals surface area contributed by atoms with Crippen LogP contribution in [0.25, 0.3) is 10.2 Å². The molecular formula is C19H21N3O2S2. The number of fused-ring (bicyclic) bond motifs is 1. The average Bonchev–Trinajstić information content (AvgIpc) is 3.28. The maximum atomic E-state index is 12.3. The molecule has 0 saturated carbocycles. The van der Waals surface area contributed by atoms with Crippen LogP contribution < -0.4 is 10.6 Å². The summed E-state index contributed by atoms with van der Waals surface area (Å²) in [6, 6.07) is 9.12. The molecule has 1 unspecified atom stereocenters. The highest BCUT2D eigenvalue weighted by molar-refractivity contribution is 7.22. The van der Waals surface area contributed by atoms with Gasteiger partial charge in [-0.05, 0) is 48.9 Å². The molecule has 3 aromatic rings. The Balaban J connectivity index is 1.63. The molecule has 0 bridgehead atoms. The molecular weight excluding hydrogens is 366 g/mol. The zero-order valence-electron chi connectivity index (χ0n) is 14.7. The van der Waals surface area contributed by atoms with Crippen molar-refractivity contribution < 1.29 is 9.59 Å². The summed E-state index contributed by atoms with van der Waals surface area (Å²) in [5, 5.41) is 7.89. The summed E-state index contributed by atoms with van der Waals surface area (Å²) in [5.74, 6) is -0.521. The second-order valence-corrected chi connectivity index (χ2v) is 8.06. The van der Waals surface area contributed by atoms with Crippen LogP contribution in [0.3, 0.4) is 0 Å². The number of anilines is 1. The molecule has 1 atom stereocenters. The summed E-state index contributed by atoms with van der Waals surface area (Å²) in [5.41, 5.74) is 2.17. The number of aryl methyl sites for hydroxylation is 1. The minimum Gasteiger partial charge on any atom is -0.340 e. The zero-order chi connectivity index (χ0) is 18.5. The summed E-state index contributed by atoms with van der Waals surface area (Å²) >= 11 is 2.80. The molecule has 2 heterocycles. The van der Waals surface area contributed by atoms with Crippen molar-refractivity contribution in [1.82, 2.24) is 10.3 Å². The molecule has 5 nitrogen and oxygen atoms in total. The Kier molecular flexibility index (Phi) is 6.00. The van der Waals surface area contributed by atoms with E-state index in [0.717, 1.165) is 29.5 Å². The van der Waals surface area contributed by atoms with Crippen LogP contribution in [0.15, 0.2) is 35.7 Å². The number of carbonyl (C=O) groups is 2. The number of nitrogens with zero attached hydrogens (tertiary/aromatic N) is 1. The Morgan fingerprint density at radius 1 is 1.27 bits per heavy atom. The zero-order valence-corrected chi connectivity index (χ0v) is 16.4. The fourth-order valence-corrected chi connectivity index (χ4v) is 4.07. The predicted octanol–water partition coefficient (Wildman–Crippen LogP) is 4.46. The van der Waals surface area contributed by atoms with Gasteiger partial charge in [0.25, 0.3) is 5.91 Å². The number of unbranched alkanes of at least 4 members (excludes halogenated alkanes) is 1. The Labute approximate surface area is 160 Å². The lowest BCUT2D eigenvalue weighted by Crippen LogP contribution is -2.41. The standard InChI is InChI=1S/C19H21N3O2S2/c1-3-4-6-13-8-9-14-16(11-13)26-19(21-14)22-17(23)12(2)20-18(24)15-7-5-10-25-15/h5,7-12H,3-4,6H2,1-2H3,(H,20,24)(H,21,22,23). The summed E-state index contributed by atoms with van der Waals surface area (Å²) in [6.45, 7) is 3.84. The third kappa shape index (κ3) is 4.47. The minimum absolute atomic E-state index is 0.243. The SMILES string of the molecule is CCCCc1ccc2nc(NC(=O)C(C)NC(=O)c3cccs3)sc2c1. The first kappa shape index (κ1) is 18.5. The Morgan fingerprint density at radius 2 is 2.12 bits per heavy atom. The third-order valence-electron chi connectivity index (χ3n) is 3.99. The largest absolute Gasteiger partial charge is 0.340 e. The van der Waals surface area contributed by atoms with Crippen LogP contribution in [0.1, 0.15) is 41.9 Å². The van der Waals surface area contributed by atoms with Gasteiger partial charge in [0.15, 0.2) is 5.13 Å². The number of amides is 2. The number of benzene rings is 1. The lowest BCUT2D eigenvalue weighted by atomic mass is 10.1.